The van der Waals surface area contributed by atoms with Crippen molar-refractivity contribution in [3.05, 3.63) is 35.7 Å². The Bertz CT molecular complexity index is 410. The summed E-state index contributed by atoms with van der Waals surface area (Å²) < 4.78 is 2.26. The van der Waals surface area contributed by atoms with Crippen LogP contribution in [0.4, 0.5) is 0 Å². The SMILES string of the molecule is C=CC(=O)c1cc(C)n(CC2CC2)c1C. The number of carbonyl (C=O) groups excluding carboxylic acids is 1. The quantitative estimate of drug-likeness (QED) is 0.544. The number of aryl methyl sites for hydroxylation is 1. The minimum Gasteiger partial charge on any atom is -0.348 e. The first-order valence-electron chi connectivity index (χ1n) is 5.47. The summed E-state index contributed by atoms with van der Waals surface area (Å²) in [6.45, 7) is 8.69. The van der Waals surface area contributed by atoms with Gasteiger partial charge in [-0.25, -0.2) is 0 Å². The highest BCUT2D eigenvalue weighted by Crippen LogP contribution is 2.32. The summed E-state index contributed by atoms with van der Waals surface area (Å²) in [5.74, 6) is 0.867. The predicted octanol–water partition coefficient (Wildman–Crippen LogP) is 2.88. The van der Waals surface area contributed by atoms with E-state index in [1.54, 1.807) is 0 Å². The second kappa shape index (κ2) is 3.69. The van der Waals surface area contributed by atoms with Crippen molar-refractivity contribution in [1.29, 1.82) is 0 Å². The van der Waals surface area contributed by atoms with Crippen LogP contribution in [0.1, 0.15) is 34.6 Å². The summed E-state index contributed by atoms with van der Waals surface area (Å²) in [6, 6.07) is 1.97. The van der Waals surface area contributed by atoms with Crippen molar-refractivity contribution in [2.24, 2.45) is 5.92 Å². The first-order chi connectivity index (χ1) is 7.13. The first-order valence-corrected chi connectivity index (χ1v) is 5.47. The van der Waals surface area contributed by atoms with Crippen molar-refractivity contribution in [3.8, 4) is 0 Å². The third-order valence-corrected chi connectivity index (χ3v) is 3.16. The van der Waals surface area contributed by atoms with Crippen LogP contribution >= 0.6 is 0 Å². The van der Waals surface area contributed by atoms with E-state index in [0.29, 0.717) is 0 Å². The van der Waals surface area contributed by atoms with Crippen molar-refractivity contribution in [1.82, 2.24) is 4.57 Å². The molecule has 0 aromatic carbocycles. The summed E-state index contributed by atoms with van der Waals surface area (Å²) in [6.07, 6.45) is 4.06. The topological polar surface area (TPSA) is 22.0 Å². The summed E-state index contributed by atoms with van der Waals surface area (Å²) in [5, 5.41) is 0. The molecule has 0 bridgehead atoms. The number of hydrogen-bond donors (Lipinski definition) is 0. The average molecular weight is 203 g/mol. The molecule has 15 heavy (non-hydrogen) atoms. The highest BCUT2D eigenvalue weighted by molar-refractivity contribution is 6.05. The Labute approximate surface area is 90.6 Å². The lowest BCUT2D eigenvalue weighted by atomic mass is 10.1. The largest absolute Gasteiger partial charge is 0.348 e. The molecule has 1 fully saturated rings. The van der Waals surface area contributed by atoms with Gasteiger partial charge in [-0.3, -0.25) is 4.79 Å². The number of rotatable bonds is 4. The Balaban J connectivity index is 2.33. The summed E-state index contributed by atoms with van der Waals surface area (Å²) in [7, 11) is 0. The number of hydrogen-bond acceptors (Lipinski definition) is 1. The van der Waals surface area contributed by atoms with E-state index < -0.39 is 0 Å². The molecule has 2 heteroatoms. The smallest absolute Gasteiger partial charge is 0.187 e. The van der Waals surface area contributed by atoms with E-state index in [0.717, 1.165) is 23.7 Å². The molecule has 0 saturated heterocycles. The van der Waals surface area contributed by atoms with Gasteiger partial charge in [0.1, 0.15) is 0 Å². The molecule has 0 aliphatic heterocycles. The van der Waals surface area contributed by atoms with Gasteiger partial charge >= 0.3 is 0 Å². The summed E-state index contributed by atoms with van der Waals surface area (Å²) in [5.41, 5.74) is 3.08. The second-order valence-electron chi connectivity index (χ2n) is 4.41. The third-order valence-electron chi connectivity index (χ3n) is 3.16. The van der Waals surface area contributed by atoms with E-state index in [1.165, 1.54) is 24.6 Å². The molecule has 1 aliphatic carbocycles. The Morgan fingerprint density at radius 3 is 2.80 bits per heavy atom. The molecule has 0 spiro atoms. The Morgan fingerprint density at radius 1 is 1.60 bits per heavy atom. The van der Waals surface area contributed by atoms with Gasteiger partial charge in [0.15, 0.2) is 5.78 Å². The third kappa shape index (κ3) is 1.89. The van der Waals surface area contributed by atoms with Gasteiger partial charge in [0.2, 0.25) is 0 Å². The molecular formula is C13H17NO. The minimum absolute atomic E-state index is 0.0325. The van der Waals surface area contributed by atoms with Gasteiger partial charge in [0.25, 0.3) is 0 Å². The molecule has 1 heterocycles. The van der Waals surface area contributed by atoms with Gasteiger partial charge in [0, 0.05) is 23.5 Å². The Morgan fingerprint density at radius 2 is 2.27 bits per heavy atom. The number of aromatic nitrogens is 1. The van der Waals surface area contributed by atoms with E-state index in [4.69, 9.17) is 0 Å². The van der Waals surface area contributed by atoms with Crippen LogP contribution in [-0.2, 0) is 6.54 Å². The van der Waals surface area contributed by atoms with Crippen molar-refractivity contribution >= 4 is 5.78 Å². The fraction of sp³-hybridized carbons (Fsp3) is 0.462. The molecule has 2 rings (SSSR count). The molecule has 0 unspecified atom stereocenters. The van der Waals surface area contributed by atoms with Crippen LogP contribution in [0.15, 0.2) is 18.7 Å². The summed E-state index contributed by atoms with van der Waals surface area (Å²) >= 11 is 0. The van der Waals surface area contributed by atoms with Crippen molar-refractivity contribution in [2.45, 2.75) is 33.2 Å². The van der Waals surface area contributed by atoms with E-state index in [-0.39, 0.29) is 5.78 Å². The lowest BCUT2D eigenvalue weighted by Crippen LogP contribution is -2.05. The van der Waals surface area contributed by atoms with Crippen LogP contribution in [0.2, 0.25) is 0 Å². The summed E-state index contributed by atoms with van der Waals surface area (Å²) in [4.78, 5) is 11.6. The van der Waals surface area contributed by atoms with Crippen LogP contribution in [0.25, 0.3) is 0 Å². The number of nitrogens with zero attached hydrogens (tertiary/aromatic N) is 1. The maximum Gasteiger partial charge on any atom is 0.187 e. The maximum absolute atomic E-state index is 11.6. The fourth-order valence-electron chi connectivity index (χ4n) is 2.00. The van der Waals surface area contributed by atoms with Gasteiger partial charge < -0.3 is 4.57 Å². The van der Waals surface area contributed by atoms with Crippen LogP contribution < -0.4 is 0 Å². The molecule has 0 amide bonds. The van der Waals surface area contributed by atoms with Crippen LogP contribution in [0, 0.1) is 19.8 Å². The molecule has 1 aromatic heterocycles. The maximum atomic E-state index is 11.6. The Hall–Kier alpha value is -1.31. The zero-order valence-corrected chi connectivity index (χ0v) is 9.42. The fourth-order valence-corrected chi connectivity index (χ4v) is 2.00. The molecule has 0 radical (unpaired) electrons. The average Bonchev–Trinajstić information content (AvgIpc) is 2.99. The van der Waals surface area contributed by atoms with Crippen molar-refractivity contribution in [3.63, 3.8) is 0 Å². The van der Waals surface area contributed by atoms with Gasteiger partial charge in [-0.1, -0.05) is 6.58 Å². The van der Waals surface area contributed by atoms with Crippen molar-refractivity contribution < 1.29 is 4.79 Å². The standard InChI is InChI=1S/C13H17NO/c1-4-13(15)12-7-9(2)14(10(12)3)8-11-5-6-11/h4,7,11H,1,5-6,8H2,2-3H3. The van der Waals surface area contributed by atoms with E-state index in [2.05, 4.69) is 18.1 Å². The monoisotopic (exact) mass is 203 g/mol. The zero-order chi connectivity index (χ0) is 11.0. The molecule has 1 aromatic rings. The number of allylic oxidation sites excluding steroid dienone is 1. The molecule has 80 valence electrons. The molecule has 0 atom stereocenters. The number of carbonyl (C=O) groups is 1. The van der Waals surface area contributed by atoms with Gasteiger partial charge in [0.05, 0.1) is 0 Å². The van der Waals surface area contributed by atoms with Crippen LogP contribution in [-0.4, -0.2) is 10.4 Å². The van der Waals surface area contributed by atoms with Crippen molar-refractivity contribution in [2.75, 3.05) is 0 Å². The zero-order valence-electron chi connectivity index (χ0n) is 9.42. The number of ketones is 1. The van der Waals surface area contributed by atoms with Gasteiger partial charge in [-0.2, -0.15) is 0 Å². The van der Waals surface area contributed by atoms with Gasteiger partial charge in [-0.05, 0) is 44.7 Å². The van der Waals surface area contributed by atoms with Gasteiger partial charge in [-0.15, -0.1) is 0 Å². The van der Waals surface area contributed by atoms with Crippen LogP contribution in [0.3, 0.4) is 0 Å². The first kappa shape index (κ1) is 10.2. The molecule has 1 aliphatic rings. The normalized spacial score (nSPS) is 15.3. The van der Waals surface area contributed by atoms with E-state index in [9.17, 15) is 4.79 Å². The van der Waals surface area contributed by atoms with E-state index in [1.807, 2.05) is 13.0 Å². The predicted molar refractivity (Wildman–Crippen MR) is 61.2 cm³/mol. The Kier molecular flexibility index (Phi) is 2.51. The lowest BCUT2D eigenvalue weighted by Gasteiger charge is -2.07. The van der Waals surface area contributed by atoms with E-state index >= 15 is 0 Å². The molecule has 0 N–H and O–H groups in total. The highest BCUT2D eigenvalue weighted by atomic mass is 16.1. The highest BCUT2D eigenvalue weighted by Gasteiger charge is 2.24. The molecule has 1 saturated carbocycles. The second-order valence-corrected chi connectivity index (χ2v) is 4.41. The minimum atomic E-state index is 0.0325. The lowest BCUT2D eigenvalue weighted by molar-refractivity contribution is 0.104. The van der Waals surface area contributed by atoms with Crippen LogP contribution in [0.5, 0.6) is 0 Å². The molecular weight excluding hydrogens is 186 g/mol. The molecule has 2 nitrogen and oxygen atoms in total.